The Bertz CT molecular complexity index is 1280. The van der Waals surface area contributed by atoms with Gasteiger partial charge in [0.05, 0.1) is 19.3 Å². The fraction of sp³-hybridized carbons (Fsp3) is 0.217. The third-order valence-electron chi connectivity index (χ3n) is 5.05. The summed E-state index contributed by atoms with van der Waals surface area (Å²) in [6.07, 6.45) is 1.40. The Hall–Kier alpha value is -3.59. The standard InChI is InChI=1S/C23H20FN3O4S/c1-31-22(30)19-13-21(29)27(23(32-19)25-17-8-6-16(24)7-9-17)14-15-4-10-18(11-5-15)26-12-2-3-20(26)28/h4-11,13H,2-3,12,14H2,1H3. The summed E-state index contributed by atoms with van der Waals surface area (Å²) < 4.78 is 19.4. The summed E-state index contributed by atoms with van der Waals surface area (Å²) in [5.74, 6) is -0.922. The van der Waals surface area contributed by atoms with Crippen LogP contribution in [0.15, 0.2) is 64.4 Å². The SMILES string of the molecule is COC(=O)c1cc(=O)n(Cc2ccc(N3CCCC3=O)cc2)c(=Nc2ccc(F)cc2)s1. The van der Waals surface area contributed by atoms with E-state index in [2.05, 4.69) is 4.99 Å². The Morgan fingerprint density at radius 2 is 1.84 bits per heavy atom. The second-order valence-corrected chi connectivity index (χ2v) is 8.22. The molecule has 2 aromatic carbocycles. The molecule has 0 spiro atoms. The first-order valence-electron chi connectivity index (χ1n) is 9.97. The molecule has 0 bridgehead atoms. The van der Waals surface area contributed by atoms with Crippen LogP contribution in [-0.2, 0) is 16.1 Å². The second kappa shape index (κ2) is 9.27. The van der Waals surface area contributed by atoms with Crippen molar-refractivity contribution in [1.29, 1.82) is 0 Å². The minimum Gasteiger partial charge on any atom is -0.465 e. The molecule has 7 nitrogen and oxygen atoms in total. The van der Waals surface area contributed by atoms with Crippen LogP contribution in [0.2, 0.25) is 0 Å². The van der Waals surface area contributed by atoms with Crippen LogP contribution in [-0.4, -0.2) is 30.1 Å². The zero-order chi connectivity index (χ0) is 22.7. The fourth-order valence-corrected chi connectivity index (χ4v) is 4.35. The van der Waals surface area contributed by atoms with Gasteiger partial charge in [-0.05, 0) is 48.4 Å². The van der Waals surface area contributed by atoms with Crippen LogP contribution in [0.25, 0.3) is 0 Å². The lowest BCUT2D eigenvalue weighted by atomic mass is 10.2. The van der Waals surface area contributed by atoms with E-state index in [1.165, 1.54) is 42.0 Å². The highest BCUT2D eigenvalue weighted by Gasteiger charge is 2.21. The van der Waals surface area contributed by atoms with Gasteiger partial charge in [0.25, 0.3) is 5.56 Å². The molecule has 1 aromatic heterocycles. The van der Waals surface area contributed by atoms with Crippen molar-refractivity contribution in [2.45, 2.75) is 19.4 Å². The number of methoxy groups -OCH3 is 1. The van der Waals surface area contributed by atoms with Gasteiger partial charge in [-0.15, -0.1) is 0 Å². The number of esters is 1. The predicted molar refractivity (Wildman–Crippen MR) is 119 cm³/mol. The van der Waals surface area contributed by atoms with Gasteiger partial charge in [-0.25, -0.2) is 14.2 Å². The molecule has 2 heterocycles. The van der Waals surface area contributed by atoms with E-state index in [1.807, 2.05) is 24.3 Å². The Balaban J connectivity index is 1.72. The quantitative estimate of drug-likeness (QED) is 0.556. The highest BCUT2D eigenvalue weighted by molar-refractivity contribution is 7.11. The summed E-state index contributed by atoms with van der Waals surface area (Å²) in [7, 11) is 1.24. The number of aromatic nitrogens is 1. The van der Waals surface area contributed by atoms with Gasteiger partial charge < -0.3 is 9.64 Å². The molecule has 32 heavy (non-hydrogen) atoms. The van der Waals surface area contributed by atoms with Crippen LogP contribution in [0.5, 0.6) is 0 Å². The predicted octanol–water partition coefficient (Wildman–Crippen LogP) is 3.24. The molecule has 0 aliphatic carbocycles. The normalized spacial score (nSPS) is 14.1. The summed E-state index contributed by atoms with van der Waals surface area (Å²) in [5, 5.41) is 0. The molecule has 0 atom stereocenters. The van der Waals surface area contributed by atoms with Gasteiger partial charge in [0.15, 0.2) is 4.80 Å². The minimum absolute atomic E-state index is 0.106. The van der Waals surface area contributed by atoms with E-state index < -0.39 is 17.3 Å². The van der Waals surface area contributed by atoms with Crippen molar-refractivity contribution >= 4 is 34.6 Å². The van der Waals surface area contributed by atoms with Crippen LogP contribution >= 0.6 is 11.3 Å². The molecule has 1 amide bonds. The number of benzene rings is 2. The molecule has 0 unspecified atom stereocenters. The van der Waals surface area contributed by atoms with Gasteiger partial charge in [0.1, 0.15) is 10.7 Å². The van der Waals surface area contributed by atoms with E-state index in [0.29, 0.717) is 18.7 Å². The Labute approximate surface area is 187 Å². The number of carbonyl (C=O) groups is 2. The zero-order valence-corrected chi connectivity index (χ0v) is 18.1. The molecule has 4 rings (SSSR count). The van der Waals surface area contributed by atoms with E-state index >= 15 is 0 Å². The number of rotatable bonds is 5. The summed E-state index contributed by atoms with van der Waals surface area (Å²) in [6, 6.07) is 14.2. The van der Waals surface area contributed by atoms with Crippen molar-refractivity contribution in [3.05, 3.63) is 86.0 Å². The van der Waals surface area contributed by atoms with Gasteiger partial charge >= 0.3 is 5.97 Å². The summed E-state index contributed by atoms with van der Waals surface area (Å²) in [4.78, 5) is 43.4. The first-order chi connectivity index (χ1) is 15.4. The maximum Gasteiger partial charge on any atom is 0.348 e. The third kappa shape index (κ3) is 4.67. The molecule has 164 valence electrons. The van der Waals surface area contributed by atoms with Crippen molar-refractivity contribution in [2.75, 3.05) is 18.6 Å². The smallest absolute Gasteiger partial charge is 0.348 e. The third-order valence-corrected chi connectivity index (χ3v) is 6.05. The number of carbonyl (C=O) groups excluding carboxylic acids is 2. The van der Waals surface area contributed by atoms with Crippen molar-refractivity contribution in [3.8, 4) is 0 Å². The molecule has 0 N–H and O–H groups in total. The fourth-order valence-electron chi connectivity index (χ4n) is 3.41. The maximum atomic E-state index is 13.3. The van der Waals surface area contributed by atoms with Crippen molar-refractivity contribution < 1.29 is 18.7 Å². The van der Waals surface area contributed by atoms with Gasteiger partial charge in [0.2, 0.25) is 5.91 Å². The lowest BCUT2D eigenvalue weighted by Crippen LogP contribution is -2.33. The Morgan fingerprint density at radius 3 is 2.47 bits per heavy atom. The highest BCUT2D eigenvalue weighted by Crippen LogP contribution is 2.21. The Kier molecular flexibility index (Phi) is 6.27. The van der Waals surface area contributed by atoms with Crippen LogP contribution < -0.4 is 15.3 Å². The monoisotopic (exact) mass is 453 g/mol. The van der Waals surface area contributed by atoms with Crippen LogP contribution in [0.4, 0.5) is 15.8 Å². The van der Waals surface area contributed by atoms with E-state index in [-0.39, 0.29) is 22.1 Å². The molecule has 3 aromatic rings. The highest BCUT2D eigenvalue weighted by atomic mass is 32.1. The Morgan fingerprint density at radius 1 is 1.12 bits per heavy atom. The molecule has 0 saturated carbocycles. The van der Waals surface area contributed by atoms with Gasteiger partial charge in [-0.2, -0.15) is 0 Å². The molecule has 1 aliphatic rings. The average molecular weight is 453 g/mol. The lowest BCUT2D eigenvalue weighted by molar-refractivity contribution is -0.117. The van der Waals surface area contributed by atoms with Crippen LogP contribution in [0.3, 0.4) is 0 Å². The zero-order valence-electron chi connectivity index (χ0n) is 17.3. The number of halogens is 1. The van der Waals surface area contributed by atoms with Crippen molar-refractivity contribution in [1.82, 2.24) is 4.57 Å². The topological polar surface area (TPSA) is 81.0 Å². The summed E-state index contributed by atoms with van der Waals surface area (Å²) >= 11 is 1.01. The summed E-state index contributed by atoms with van der Waals surface area (Å²) in [5.41, 5.74) is 1.68. The van der Waals surface area contributed by atoms with E-state index in [9.17, 15) is 18.8 Å². The minimum atomic E-state index is -0.630. The van der Waals surface area contributed by atoms with E-state index in [1.54, 1.807) is 4.90 Å². The molecule has 9 heteroatoms. The molecule has 1 aliphatic heterocycles. The number of nitrogens with zero attached hydrogens (tertiary/aromatic N) is 3. The van der Waals surface area contributed by atoms with Gasteiger partial charge in [-0.1, -0.05) is 23.5 Å². The molecule has 0 radical (unpaired) electrons. The van der Waals surface area contributed by atoms with Gasteiger partial charge in [0, 0.05) is 24.7 Å². The second-order valence-electron chi connectivity index (χ2n) is 7.21. The molecular formula is C23H20FN3O4S. The number of ether oxygens (including phenoxy) is 1. The van der Waals surface area contributed by atoms with E-state index in [0.717, 1.165) is 29.0 Å². The van der Waals surface area contributed by atoms with Crippen LogP contribution in [0, 0.1) is 5.82 Å². The van der Waals surface area contributed by atoms with Crippen molar-refractivity contribution in [2.24, 2.45) is 4.99 Å². The number of hydrogen-bond donors (Lipinski definition) is 0. The molecule has 1 saturated heterocycles. The first kappa shape index (κ1) is 21.6. The number of hydrogen-bond acceptors (Lipinski definition) is 6. The average Bonchev–Trinajstić information content (AvgIpc) is 3.23. The van der Waals surface area contributed by atoms with E-state index in [4.69, 9.17) is 4.74 Å². The van der Waals surface area contributed by atoms with Gasteiger partial charge in [-0.3, -0.25) is 14.2 Å². The van der Waals surface area contributed by atoms with Crippen LogP contribution in [0.1, 0.15) is 28.1 Å². The molecular weight excluding hydrogens is 433 g/mol. The summed E-state index contributed by atoms with van der Waals surface area (Å²) in [6.45, 7) is 0.917. The lowest BCUT2D eigenvalue weighted by Gasteiger charge is -2.16. The molecule has 1 fully saturated rings. The van der Waals surface area contributed by atoms with Crippen molar-refractivity contribution in [3.63, 3.8) is 0 Å². The maximum absolute atomic E-state index is 13.3. The largest absolute Gasteiger partial charge is 0.465 e. The number of anilines is 1. The first-order valence-corrected chi connectivity index (χ1v) is 10.8. The number of amides is 1.